The molecule has 0 aromatic heterocycles. The fraction of sp³-hybridized carbons (Fsp3) is 0.857. The number of amides is 1. The first-order chi connectivity index (χ1) is 8.66. The van der Waals surface area contributed by atoms with Crippen LogP contribution in [0.15, 0.2) is 0 Å². The molecule has 0 heterocycles. The van der Waals surface area contributed by atoms with Crippen molar-refractivity contribution >= 4 is 11.9 Å². The second-order valence-corrected chi connectivity index (χ2v) is 6.41. The molecule has 0 aromatic carbocycles. The van der Waals surface area contributed by atoms with E-state index in [9.17, 15) is 9.59 Å². The van der Waals surface area contributed by atoms with Crippen LogP contribution < -0.4 is 5.32 Å². The number of carbonyl (C=O) groups is 2. The van der Waals surface area contributed by atoms with Gasteiger partial charge in [-0.2, -0.15) is 0 Å². The lowest BCUT2D eigenvalue weighted by Crippen LogP contribution is -2.42. The Morgan fingerprint density at radius 2 is 1.79 bits per heavy atom. The van der Waals surface area contributed by atoms with E-state index < -0.39 is 12.0 Å². The van der Waals surface area contributed by atoms with Gasteiger partial charge in [-0.05, 0) is 23.7 Å². The summed E-state index contributed by atoms with van der Waals surface area (Å²) in [5.74, 6) is -1.26. The minimum atomic E-state index is -0.985. The highest BCUT2D eigenvalue weighted by Gasteiger charge is 2.68. The van der Waals surface area contributed by atoms with E-state index in [1.807, 2.05) is 27.7 Å². The molecule has 1 amide bonds. The molecule has 0 aliphatic heterocycles. The molecular weight excluding hydrogens is 246 g/mol. The second-order valence-electron chi connectivity index (χ2n) is 6.41. The predicted molar refractivity (Wildman–Crippen MR) is 71.7 cm³/mol. The van der Waals surface area contributed by atoms with E-state index in [2.05, 4.69) is 5.32 Å². The van der Waals surface area contributed by atoms with Gasteiger partial charge < -0.3 is 15.2 Å². The van der Waals surface area contributed by atoms with Gasteiger partial charge in [0.2, 0.25) is 5.91 Å². The number of rotatable bonds is 7. The molecule has 1 rings (SSSR count). The smallest absolute Gasteiger partial charge is 0.326 e. The van der Waals surface area contributed by atoms with Crippen LogP contribution in [0.3, 0.4) is 0 Å². The van der Waals surface area contributed by atoms with Gasteiger partial charge in [-0.3, -0.25) is 4.79 Å². The summed E-state index contributed by atoms with van der Waals surface area (Å²) in [6, 6.07) is -0.824. The van der Waals surface area contributed by atoms with Crippen molar-refractivity contribution in [2.45, 2.75) is 46.6 Å². The third kappa shape index (κ3) is 3.08. The SMILES string of the molecule is COCCCC(NC(=O)C1C(C)(C)C1(C)C)C(=O)O. The Balaban J connectivity index is 2.56. The summed E-state index contributed by atoms with van der Waals surface area (Å²) in [4.78, 5) is 23.3. The summed E-state index contributed by atoms with van der Waals surface area (Å²) >= 11 is 0. The van der Waals surface area contributed by atoms with Crippen LogP contribution in [0.2, 0.25) is 0 Å². The van der Waals surface area contributed by atoms with Crippen molar-refractivity contribution in [3.63, 3.8) is 0 Å². The summed E-state index contributed by atoms with van der Waals surface area (Å²) in [7, 11) is 1.57. The molecule has 2 N–H and O–H groups in total. The van der Waals surface area contributed by atoms with Crippen molar-refractivity contribution in [2.24, 2.45) is 16.7 Å². The van der Waals surface area contributed by atoms with Gasteiger partial charge in [-0.1, -0.05) is 27.7 Å². The second kappa shape index (κ2) is 5.49. The Bertz CT molecular complexity index is 348. The highest BCUT2D eigenvalue weighted by molar-refractivity contribution is 5.88. The molecular formula is C14H25NO4. The van der Waals surface area contributed by atoms with Crippen LogP contribution in [0.25, 0.3) is 0 Å². The zero-order chi connectivity index (χ0) is 14.8. The number of carbonyl (C=O) groups excluding carboxylic acids is 1. The number of nitrogens with one attached hydrogen (secondary N) is 1. The fourth-order valence-electron chi connectivity index (χ4n) is 2.80. The average molecular weight is 271 g/mol. The average Bonchev–Trinajstić information content (AvgIpc) is 2.68. The van der Waals surface area contributed by atoms with Crippen LogP contribution in [0, 0.1) is 16.7 Å². The molecule has 0 saturated heterocycles. The van der Waals surface area contributed by atoms with Gasteiger partial charge in [0.15, 0.2) is 0 Å². The van der Waals surface area contributed by atoms with Gasteiger partial charge in [0.1, 0.15) is 6.04 Å². The zero-order valence-electron chi connectivity index (χ0n) is 12.4. The topological polar surface area (TPSA) is 75.6 Å². The first kappa shape index (κ1) is 16.0. The number of hydrogen-bond acceptors (Lipinski definition) is 3. The molecule has 0 aromatic rings. The van der Waals surface area contributed by atoms with Crippen molar-refractivity contribution in [3.05, 3.63) is 0 Å². The third-order valence-electron chi connectivity index (χ3n) is 4.74. The van der Waals surface area contributed by atoms with Crippen molar-refractivity contribution in [3.8, 4) is 0 Å². The molecule has 1 atom stereocenters. The summed E-state index contributed by atoms with van der Waals surface area (Å²) in [5.41, 5.74) is -0.153. The Labute approximate surface area is 114 Å². The van der Waals surface area contributed by atoms with Gasteiger partial charge >= 0.3 is 5.97 Å². The number of methoxy groups -OCH3 is 1. The molecule has 1 saturated carbocycles. The maximum Gasteiger partial charge on any atom is 0.326 e. The van der Waals surface area contributed by atoms with Crippen molar-refractivity contribution in [1.82, 2.24) is 5.32 Å². The quantitative estimate of drug-likeness (QED) is 0.691. The van der Waals surface area contributed by atoms with E-state index in [-0.39, 0.29) is 22.7 Å². The number of carboxylic acid groups (broad SMARTS) is 1. The minimum Gasteiger partial charge on any atom is -0.480 e. The maximum atomic E-state index is 12.2. The Morgan fingerprint density at radius 3 is 2.16 bits per heavy atom. The molecule has 1 aliphatic carbocycles. The lowest BCUT2D eigenvalue weighted by Gasteiger charge is -2.15. The van der Waals surface area contributed by atoms with E-state index in [0.717, 1.165) is 0 Å². The van der Waals surface area contributed by atoms with Gasteiger partial charge in [-0.25, -0.2) is 4.79 Å². The van der Waals surface area contributed by atoms with E-state index >= 15 is 0 Å². The summed E-state index contributed by atoms with van der Waals surface area (Å²) < 4.78 is 4.90. The Morgan fingerprint density at radius 1 is 1.26 bits per heavy atom. The zero-order valence-corrected chi connectivity index (χ0v) is 12.4. The predicted octanol–water partition coefficient (Wildman–Crippen LogP) is 1.66. The third-order valence-corrected chi connectivity index (χ3v) is 4.74. The van der Waals surface area contributed by atoms with Crippen molar-refractivity contribution < 1.29 is 19.4 Å². The van der Waals surface area contributed by atoms with Crippen LogP contribution in [0.5, 0.6) is 0 Å². The molecule has 5 heteroatoms. The van der Waals surface area contributed by atoms with Crippen LogP contribution in [0.1, 0.15) is 40.5 Å². The fourth-order valence-corrected chi connectivity index (χ4v) is 2.80. The Hall–Kier alpha value is -1.10. The number of hydrogen-bond donors (Lipinski definition) is 2. The molecule has 5 nitrogen and oxygen atoms in total. The van der Waals surface area contributed by atoms with E-state index in [4.69, 9.17) is 9.84 Å². The number of carboxylic acids is 1. The molecule has 19 heavy (non-hydrogen) atoms. The van der Waals surface area contributed by atoms with Crippen molar-refractivity contribution in [1.29, 1.82) is 0 Å². The summed E-state index contributed by atoms with van der Waals surface area (Å²) in [6.07, 6.45) is 1.01. The molecule has 110 valence electrons. The largest absolute Gasteiger partial charge is 0.480 e. The van der Waals surface area contributed by atoms with Gasteiger partial charge in [0.25, 0.3) is 0 Å². The Kier molecular flexibility index (Phi) is 4.61. The molecule has 0 spiro atoms. The first-order valence-corrected chi connectivity index (χ1v) is 6.68. The normalized spacial score (nSPS) is 21.7. The number of aliphatic carboxylic acids is 1. The monoisotopic (exact) mass is 271 g/mol. The van der Waals surface area contributed by atoms with E-state index in [1.165, 1.54) is 0 Å². The first-order valence-electron chi connectivity index (χ1n) is 6.68. The van der Waals surface area contributed by atoms with Crippen LogP contribution in [-0.4, -0.2) is 36.7 Å². The van der Waals surface area contributed by atoms with Crippen LogP contribution in [0.4, 0.5) is 0 Å². The molecule has 0 bridgehead atoms. The molecule has 0 radical (unpaired) electrons. The van der Waals surface area contributed by atoms with Gasteiger partial charge in [0.05, 0.1) is 0 Å². The van der Waals surface area contributed by atoms with Gasteiger partial charge in [0, 0.05) is 19.6 Å². The lowest BCUT2D eigenvalue weighted by molar-refractivity contribution is -0.142. The highest BCUT2D eigenvalue weighted by atomic mass is 16.5. The minimum absolute atomic E-state index is 0.0767. The highest BCUT2D eigenvalue weighted by Crippen LogP contribution is 2.68. The molecule has 1 aliphatic rings. The maximum absolute atomic E-state index is 12.2. The van der Waals surface area contributed by atoms with Crippen LogP contribution in [-0.2, 0) is 14.3 Å². The molecule has 1 fully saturated rings. The van der Waals surface area contributed by atoms with Gasteiger partial charge in [-0.15, -0.1) is 0 Å². The number of ether oxygens (including phenoxy) is 1. The van der Waals surface area contributed by atoms with Crippen molar-refractivity contribution in [2.75, 3.05) is 13.7 Å². The molecule has 1 unspecified atom stereocenters. The van der Waals surface area contributed by atoms with Crippen LogP contribution >= 0.6 is 0 Å². The summed E-state index contributed by atoms with van der Waals surface area (Å²) in [5, 5.41) is 11.8. The standard InChI is InChI=1S/C14H25NO4/c1-13(2)10(14(13,3)4)11(16)15-9(12(17)18)7-6-8-19-5/h9-10H,6-8H2,1-5H3,(H,15,16)(H,17,18). The van der Waals surface area contributed by atoms with E-state index in [0.29, 0.717) is 19.4 Å². The summed E-state index contributed by atoms with van der Waals surface area (Å²) in [6.45, 7) is 8.66. The lowest BCUT2D eigenvalue weighted by atomic mass is 10.0. The van der Waals surface area contributed by atoms with E-state index in [1.54, 1.807) is 7.11 Å².